The van der Waals surface area contributed by atoms with E-state index >= 15 is 0 Å². The maximum absolute atomic E-state index is 9.49. The first kappa shape index (κ1) is 7.63. The lowest BCUT2D eigenvalue weighted by Gasteiger charge is -2.31. The van der Waals surface area contributed by atoms with E-state index in [4.69, 9.17) is 0 Å². The summed E-state index contributed by atoms with van der Waals surface area (Å²) in [5, 5.41) is 9.49. The van der Waals surface area contributed by atoms with Crippen molar-refractivity contribution >= 4 is 0 Å². The van der Waals surface area contributed by atoms with Crippen molar-refractivity contribution in [3.05, 3.63) is 0 Å². The van der Waals surface area contributed by atoms with Crippen molar-refractivity contribution in [3.63, 3.8) is 0 Å². The van der Waals surface area contributed by atoms with Crippen molar-refractivity contribution in [1.29, 1.82) is 0 Å². The monoisotopic (exact) mass is 138 g/mol. The Bertz CT molecular complexity index is 167. The van der Waals surface area contributed by atoms with Gasteiger partial charge in [-0.1, -0.05) is 25.7 Å². The first-order valence-electron chi connectivity index (χ1n) is 3.87. The molecule has 10 heavy (non-hydrogen) atoms. The first-order valence-corrected chi connectivity index (χ1v) is 3.87. The molecule has 0 aromatic rings. The largest absolute Gasteiger partial charge is 0.378 e. The van der Waals surface area contributed by atoms with E-state index in [2.05, 4.69) is 11.8 Å². The molecule has 1 nitrogen and oxygen atoms in total. The van der Waals surface area contributed by atoms with Crippen molar-refractivity contribution in [1.82, 2.24) is 0 Å². The van der Waals surface area contributed by atoms with E-state index in [1.54, 1.807) is 0 Å². The van der Waals surface area contributed by atoms with Crippen LogP contribution in [0.2, 0.25) is 0 Å². The van der Waals surface area contributed by atoms with Gasteiger partial charge in [0, 0.05) is 5.92 Å². The van der Waals surface area contributed by atoms with Gasteiger partial charge in [0.1, 0.15) is 5.60 Å². The zero-order chi connectivity index (χ0) is 7.61. The number of rotatable bonds is 0. The maximum Gasteiger partial charge on any atom is 0.125 e. The van der Waals surface area contributed by atoms with Crippen molar-refractivity contribution in [2.45, 2.75) is 38.7 Å². The van der Waals surface area contributed by atoms with E-state index in [0.717, 1.165) is 19.3 Å². The summed E-state index contributed by atoms with van der Waals surface area (Å²) in [7, 11) is 0. The Labute approximate surface area is 62.4 Å². The van der Waals surface area contributed by atoms with E-state index in [0.29, 0.717) is 5.92 Å². The third kappa shape index (κ3) is 1.75. The van der Waals surface area contributed by atoms with Gasteiger partial charge in [0.15, 0.2) is 0 Å². The van der Waals surface area contributed by atoms with Gasteiger partial charge in [-0.15, -0.1) is 0 Å². The van der Waals surface area contributed by atoms with Crippen molar-refractivity contribution < 1.29 is 5.11 Å². The average Bonchev–Trinajstić information content (AvgIpc) is 1.79. The molecule has 0 heterocycles. The summed E-state index contributed by atoms with van der Waals surface area (Å²) >= 11 is 0. The molecule has 0 spiro atoms. The van der Waals surface area contributed by atoms with Gasteiger partial charge in [0.2, 0.25) is 0 Å². The van der Waals surface area contributed by atoms with Crippen LogP contribution in [0, 0.1) is 17.8 Å². The lowest BCUT2D eigenvalue weighted by atomic mass is 9.81. The Morgan fingerprint density at radius 3 is 2.30 bits per heavy atom. The number of hydrogen-bond donors (Lipinski definition) is 1. The molecule has 0 bridgehead atoms. The zero-order valence-corrected chi connectivity index (χ0v) is 6.65. The third-order valence-corrected chi connectivity index (χ3v) is 1.77. The minimum atomic E-state index is -0.607. The van der Waals surface area contributed by atoms with Gasteiger partial charge in [-0.05, 0) is 19.3 Å². The fourth-order valence-corrected chi connectivity index (χ4v) is 0.915. The number of aliphatic hydroxyl groups is 1. The average molecular weight is 138 g/mol. The molecule has 1 rings (SSSR count). The van der Waals surface area contributed by atoms with Crippen LogP contribution in [-0.2, 0) is 0 Å². The summed E-state index contributed by atoms with van der Waals surface area (Å²) in [4.78, 5) is 0. The second kappa shape index (κ2) is 2.64. The molecule has 56 valence electrons. The normalized spacial score (nSPS) is 21.2. The van der Waals surface area contributed by atoms with Crippen LogP contribution >= 0.6 is 0 Å². The van der Waals surface area contributed by atoms with Crippen LogP contribution in [-0.4, -0.2) is 10.7 Å². The molecule has 0 aromatic carbocycles. The molecule has 0 aliphatic heterocycles. The second-order valence-corrected chi connectivity index (χ2v) is 3.31. The standard InChI is InChI=1S/C9H14O/c1-8(2)4-7-9(10)5-3-6-9/h8,10H,3,5-6H2,1-2H3. The molecule has 1 saturated carbocycles. The van der Waals surface area contributed by atoms with Crippen molar-refractivity contribution in [3.8, 4) is 11.8 Å². The molecule has 0 atom stereocenters. The van der Waals surface area contributed by atoms with Crippen LogP contribution in [0.3, 0.4) is 0 Å². The predicted octanol–water partition coefficient (Wildman–Crippen LogP) is 1.56. The van der Waals surface area contributed by atoms with Crippen LogP contribution in [0.15, 0.2) is 0 Å². The Kier molecular flexibility index (Phi) is 2.01. The summed E-state index contributed by atoms with van der Waals surface area (Å²) in [6.07, 6.45) is 2.86. The molecule has 1 aliphatic rings. The van der Waals surface area contributed by atoms with Crippen LogP contribution in [0.1, 0.15) is 33.1 Å². The van der Waals surface area contributed by atoms with E-state index in [9.17, 15) is 5.11 Å². The van der Waals surface area contributed by atoms with Gasteiger partial charge < -0.3 is 5.11 Å². The van der Waals surface area contributed by atoms with Crippen LogP contribution in [0.4, 0.5) is 0 Å². The SMILES string of the molecule is CC(C)C#CC1(O)CCC1. The smallest absolute Gasteiger partial charge is 0.125 e. The Balaban J connectivity index is 2.45. The van der Waals surface area contributed by atoms with Gasteiger partial charge in [-0.3, -0.25) is 0 Å². The third-order valence-electron chi connectivity index (χ3n) is 1.77. The quantitative estimate of drug-likeness (QED) is 0.504. The van der Waals surface area contributed by atoms with Gasteiger partial charge in [-0.25, -0.2) is 0 Å². The Morgan fingerprint density at radius 2 is 2.00 bits per heavy atom. The highest BCUT2D eigenvalue weighted by molar-refractivity contribution is 5.18. The van der Waals surface area contributed by atoms with Crippen LogP contribution in [0.5, 0.6) is 0 Å². The Morgan fingerprint density at radius 1 is 1.40 bits per heavy atom. The Hall–Kier alpha value is -0.480. The summed E-state index contributed by atoms with van der Waals surface area (Å²) < 4.78 is 0. The summed E-state index contributed by atoms with van der Waals surface area (Å²) in [5.41, 5.74) is -0.607. The minimum absolute atomic E-state index is 0.379. The molecular weight excluding hydrogens is 124 g/mol. The van der Waals surface area contributed by atoms with E-state index in [-0.39, 0.29) is 0 Å². The van der Waals surface area contributed by atoms with Gasteiger partial charge >= 0.3 is 0 Å². The molecule has 0 saturated heterocycles. The van der Waals surface area contributed by atoms with Crippen LogP contribution < -0.4 is 0 Å². The highest BCUT2D eigenvalue weighted by Crippen LogP contribution is 2.30. The van der Waals surface area contributed by atoms with E-state index < -0.39 is 5.60 Å². The predicted molar refractivity (Wildman–Crippen MR) is 41.4 cm³/mol. The lowest BCUT2D eigenvalue weighted by molar-refractivity contribution is 0.0238. The van der Waals surface area contributed by atoms with Crippen molar-refractivity contribution in [2.24, 2.45) is 5.92 Å². The van der Waals surface area contributed by atoms with E-state index in [1.165, 1.54) is 0 Å². The molecule has 0 radical (unpaired) electrons. The fraction of sp³-hybridized carbons (Fsp3) is 0.778. The van der Waals surface area contributed by atoms with E-state index in [1.807, 2.05) is 13.8 Å². The number of hydrogen-bond acceptors (Lipinski definition) is 1. The molecule has 1 N–H and O–H groups in total. The highest BCUT2D eigenvalue weighted by Gasteiger charge is 2.31. The fourth-order valence-electron chi connectivity index (χ4n) is 0.915. The first-order chi connectivity index (χ1) is 4.62. The molecule has 1 heteroatoms. The summed E-state index contributed by atoms with van der Waals surface area (Å²) in [6.45, 7) is 4.07. The summed E-state index contributed by atoms with van der Waals surface area (Å²) in [6, 6.07) is 0. The molecule has 0 unspecified atom stereocenters. The van der Waals surface area contributed by atoms with Crippen LogP contribution in [0.25, 0.3) is 0 Å². The van der Waals surface area contributed by atoms with Gasteiger partial charge in [0.05, 0.1) is 0 Å². The zero-order valence-electron chi connectivity index (χ0n) is 6.65. The molecule has 1 aliphatic carbocycles. The van der Waals surface area contributed by atoms with Crippen molar-refractivity contribution in [2.75, 3.05) is 0 Å². The molecule has 1 fully saturated rings. The molecule has 0 amide bonds. The van der Waals surface area contributed by atoms with Gasteiger partial charge in [-0.2, -0.15) is 0 Å². The molecule has 0 aromatic heterocycles. The highest BCUT2D eigenvalue weighted by atomic mass is 16.3. The van der Waals surface area contributed by atoms with Gasteiger partial charge in [0.25, 0.3) is 0 Å². The lowest BCUT2D eigenvalue weighted by Crippen LogP contribution is -2.34. The second-order valence-electron chi connectivity index (χ2n) is 3.31. The topological polar surface area (TPSA) is 20.2 Å². The minimum Gasteiger partial charge on any atom is -0.378 e. The summed E-state index contributed by atoms with van der Waals surface area (Å²) in [5.74, 6) is 6.27. The molecular formula is C9H14O. The maximum atomic E-state index is 9.49.